The summed E-state index contributed by atoms with van der Waals surface area (Å²) >= 11 is 0. The predicted octanol–water partition coefficient (Wildman–Crippen LogP) is 3.73. The maximum Gasteiger partial charge on any atom is 0.246 e. The van der Waals surface area contributed by atoms with E-state index in [2.05, 4.69) is 27.4 Å². The van der Waals surface area contributed by atoms with Gasteiger partial charge >= 0.3 is 0 Å². The first kappa shape index (κ1) is 19.9. The molecule has 1 unspecified atom stereocenters. The Labute approximate surface area is 131 Å². The van der Waals surface area contributed by atoms with Gasteiger partial charge < -0.3 is 9.80 Å². The summed E-state index contributed by atoms with van der Waals surface area (Å²) in [5.74, 6) is 0.0907. The van der Waals surface area contributed by atoms with Crippen LogP contribution in [0.3, 0.4) is 0 Å². The molecular formula is C18H34N2O. The van der Waals surface area contributed by atoms with Crippen molar-refractivity contribution >= 4 is 5.91 Å². The summed E-state index contributed by atoms with van der Waals surface area (Å²) in [5, 5.41) is 0. The highest BCUT2D eigenvalue weighted by Gasteiger charge is 2.26. The maximum absolute atomic E-state index is 12.4. The van der Waals surface area contributed by atoms with Crippen LogP contribution in [0.1, 0.15) is 46.5 Å². The van der Waals surface area contributed by atoms with E-state index in [1.807, 2.05) is 36.0 Å². The van der Waals surface area contributed by atoms with E-state index >= 15 is 0 Å². The Morgan fingerprint density at radius 1 is 1.24 bits per heavy atom. The predicted molar refractivity (Wildman–Crippen MR) is 92.4 cm³/mol. The molecule has 0 aromatic rings. The van der Waals surface area contributed by atoms with E-state index in [0.717, 1.165) is 19.5 Å². The molecule has 1 amide bonds. The lowest BCUT2D eigenvalue weighted by Gasteiger charge is -2.34. The molecule has 0 saturated carbocycles. The van der Waals surface area contributed by atoms with E-state index in [4.69, 9.17) is 0 Å². The SMILES string of the molecule is C=CCN(CC(C)(CC)CCCC)C(=O)/C=C/CN(C)C. The molecule has 122 valence electrons. The van der Waals surface area contributed by atoms with Crippen LogP contribution in [0.25, 0.3) is 0 Å². The zero-order chi connectivity index (χ0) is 16.3. The Bertz CT molecular complexity index is 336. The molecule has 0 aromatic heterocycles. The van der Waals surface area contributed by atoms with Crippen LogP contribution in [0.15, 0.2) is 24.8 Å². The van der Waals surface area contributed by atoms with Crippen LogP contribution in [0.5, 0.6) is 0 Å². The number of likely N-dealkylation sites (N-methyl/N-ethyl adjacent to an activating group) is 1. The number of hydrogen-bond acceptors (Lipinski definition) is 2. The highest BCUT2D eigenvalue weighted by Crippen LogP contribution is 2.29. The van der Waals surface area contributed by atoms with Gasteiger partial charge in [-0.2, -0.15) is 0 Å². The quantitative estimate of drug-likeness (QED) is 0.428. The van der Waals surface area contributed by atoms with Crippen LogP contribution in [0.4, 0.5) is 0 Å². The molecule has 0 aliphatic rings. The fourth-order valence-corrected chi connectivity index (χ4v) is 2.29. The maximum atomic E-state index is 12.4. The highest BCUT2D eigenvalue weighted by atomic mass is 16.2. The molecule has 3 heteroatoms. The summed E-state index contributed by atoms with van der Waals surface area (Å²) in [5.41, 5.74) is 0.198. The van der Waals surface area contributed by atoms with Crippen molar-refractivity contribution in [3.8, 4) is 0 Å². The van der Waals surface area contributed by atoms with Crippen molar-refractivity contribution in [2.24, 2.45) is 5.41 Å². The number of amides is 1. The average Bonchev–Trinajstić information content (AvgIpc) is 2.44. The third kappa shape index (κ3) is 8.71. The fourth-order valence-electron chi connectivity index (χ4n) is 2.29. The van der Waals surface area contributed by atoms with Crippen LogP contribution >= 0.6 is 0 Å². The van der Waals surface area contributed by atoms with Crippen molar-refractivity contribution in [1.29, 1.82) is 0 Å². The molecule has 0 heterocycles. The van der Waals surface area contributed by atoms with Crippen molar-refractivity contribution < 1.29 is 4.79 Å². The van der Waals surface area contributed by atoms with Gasteiger partial charge in [-0.15, -0.1) is 6.58 Å². The molecule has 21 heavy (non-hydrogen) atoms. The summed E-state index contributed by atoms with van der Waals surface area (Å²) in [6.07, 6.45) is 10.1. The number of carbonyl (C=O) groups is 1. The molecule has 0 rings (SSSR count). The Morgan fingerprint density at radius 2 is 1.90 bits per heavy atom. The van der Waals surface area contributed by atoms with Crippen LogP contribution < -0.4 is 0 Å². The van der Waals surface area contributed by atoms with Crippen molar-refractivity contribution in [2.45, 2.75) is 46.5 Å². The highest BCUT2D eigenvalue weighted by molar-refractivity contribution is 5.87. The second-order valence-corrected chi connectivity index (χ2v) is 6.44. The lowest BCUT2D eigenvalue weighted by molar-refractivity contribution is -0.127. The van der Waals surface area contributed by atoms with Gasteiger partial charge in [-0.1, -0.05) is 45.8 Å². The monoisotopic (exact) mass is 294 g/mol. The van der Waals surface area contributed by atoms with E-state index in [1.54, 1.807) is 6.08 Å². The molecular weight excluding hydrogens is 260 g/mol. The lowest BCUT2D eigenvalue weighted by Crippen LogP contribution is -2.39. The third-order valence-electron chi connectivity index (χ3n) is 3.95. The van der Waals surface area contributed by atoms with Crippen molar-refractivity contribution in [1.82, 2.24) is 9.80 Å². The summed E-state index contributed by atoms with van der Waals surface area (Å²) in [7, 11) is 3.99. The number of rotatable bonds is 11. The molecule has 0 bridgehead atoms. The third-order valence-corrected chi connectivity index (χ3v) is 3.95. The Morgan fingerprint density at radius 3 is 2.38 bits per heavy atom. The van der Waals surface area contributed by atoms with Gasteiger partial charge in [0, 0.05) is 25.7 Å². The number of carbonyl (C=O) groups excluding carboxylic acids is 1. The van der Waals surface area contributed by atoms with E-state index < -0.39 is 0 Å². The average molecular weight is 294 g/mol. The van der Waals surface area contributed by atoms with Gasteiger partial charge in [-0.05, 0) is 32.4 Å². The second kappa shape index (κ2) is 10.6. The Kier molecular flexibility index (Phi) is 10.1. The van der Waals surface area contributed by atoms with Gasteiger partial charge in [0.25, 0.3) is 0 Å². The minimum Gasteiger partial charge on any atom is -0.335 e. The van der Waals surface area contributed by atoms with E-state index in [1.165, 1.54) is 19.3 Å². The van der Waals surface area contributed by atoms with E-state index in [0.29, 0.717) is 6.54 Å². The normalized spacial score (nSPS) is 14.4. The molecule has 0 spiro atoms. The fraction of sp³-hybridized carbons (Fsp3) is 0.722. The van der Waals surface area contributed by atoms with E-state index in [9.17, 15) is 4.79 Å². The van der Waals surface area contributed by atoms with Crippen molar-refractivity contribution in [3.63, 3.8) is 0 Å². The molecule has 3 nitrogen and oxygen atoms in total. The number of hydrogen-bond donors (Lipinski definition) is 0. The summed E-state index contributed by atoms with van der Waals surface area (Å²) in [4.78, 5) is 16.3. The number of nitrogens with zero attached hydrogens (tertiary/aromatic N) is 2. The van der Waals surface area contributed by atoms with E-state index in [-0.39, 0.29) is 11.3 Å². The molecule has 0 aromatic carbocycles. The van der Waals surface area contributed by atoms with Gasteiger partial charge in [0.1, 0.15) is 0 Å². The minimum absolute atomic E-state index is 0.0907. The van der Waals surface area contributed by atoms with Gasteiger partial charge in [-0.25, -0.2) is 0 Å². The van der Waals surface area contributed by atoms with Crippen LogP contribution in [-0.2, 0) is 4.79 Å². The minimum atomic E-state index is 0.0907. The lowest BCUT2D eigenvalue weighted by atomic mass is 9.81. The molecule has 1 atom stereocenters. The van der Waals surface area contributed by atoms with Gasteiger partial charge in [-0.3, -0.25) is 4.79 Å². The Balaban J connectivity index is 4.75. The molecule has 0 radical (unpaired) electrons. The Hall–Kier alpha value is -1.09. The van der Waals surface area contributed by atoms with Gasteiger partial charge in [0.2, 0.25) is 5.91 Å². The standard InChI is InChI=1S/C18H34N2O/c1-7-10-13-18(4,9-3)16-20(14-8-2)17(21)12-11-15-19(5)6/h8,11-12H,2,7,9-10,13-16H2,1,3-6H3/b12-11+. The summed E-state index contributed by atoms with van der Waals surface area (Å²) in [6.45, 7) is 12.7. The summed E-state index contributed by atoms with van der Waals surface area (Å²) in [6, 6.07) is 0. The first-order valence-corrected chi connectivity index (χ1v) is 8.09. The smallest absolute Gasteiger partial charge is 0.246 e. The van der Waals surface area contributed by atoms with Crippen LogP contribution in [0, 0.1) is 5.41 Å². The zero-order valence-corrected chi connectivity index (χ0v) is 14.7. The number of unbranched alkanes of at least 4 members (excludes halogenated alkanes) is 1. The van der Waals surface area contributed by atoms with Gasteiger partial charge in [0.15, 0.2) is 0 Å². The molecule has 0 saturated heterocycles. The first-order valence-electron chi connectivity index (χ1n) is 8.09. The molecule has 0 aliphatic carbocycles. The largest absolute Gasteiger partial charge is 0.335 e. The molecule has 0 N–H and O–H groups in total. The first-order chi connectivity index (χ1) is 9.88. The van der Waals surface area contributed by atoms with Crippen molar-refractivity contribution in [3.05, 3.63) is 24.8 Å². The van der Waals surface area contributed by atoms with Crippen LogP contribution in [0.2, 0.25) is 0 Å². The topological polar surface area (TPSA) is 23.6 Å². The zero-order valence-electron chi connectivity index (χ0n) is 14.7. The summed E-state index contributed by atoms with van der Waals surface area (Å²) < 4.78 is 0. The molecule has 0 aliphatic heterocycles. The van der Waals surface area contributed by atoms with Crippen molar-refractivity contribution in [2.75, 3.05) is 33.7 Å². The van der Waals surface area contributed by atoms with Crippen LogP contribution in [-0.4, -0.2) is 49.4 Å². The second-order valence-electron chi connectivity index (χ2n) is 6.44. The van der Waals surface area contributed by atoms with Gasteiger partial charge in [0.05, 0.1) is 0 Å². The molecule has 0 fully saturated rings.